The van der Waals surface area contributed by atoms with Gasteiger partial charge in [0.1, 0.15) is 23.1 Å². The van der Waals surface area contributed by atoms with Crippen molar-refractivity contribution in [2.45, 2.75) is 12.8 Å². The molecule has 0 saturated carbocycles. The quantitative estimate of drug-likeness (QED) is 0.345. The summed E-state index contributed by atoms with van der Waals surface area (Å²) in [5.41, 5.74) is 2.76. The molecule has 0 spiro atoms. The molecule has 3 aromatic carbocycles. The number of nitrogens with zero attached hydrogens (tertiary/aromatic N) is 2. The van der Waals surface area contributed by atoms with Crippen molar-refractivity contribution >= 4 is 22.4 Å². The molecule has 0 saturated heterocycles. The number of halogens is 1. The van der Waals surface area contributed by atoms with Crippen molar-refractivity contribution in [3.8, 4) is 11.5 Å². The van der Waals surface area contributed by atoms with Crippen LogP contribution in [0, 0.1) is 18.5 Å². The third-order valence-electron chi connectivity index (χ3n) is 4.61. The molecule has 154 valence electrons. The average molecular weight is 435 g/mol. The van der Waals surface area contributed by atoms with E-state index in [2.05, 4.69) is 15.9 Å². The van der Waals surface area contributed by atoms with E-state index in [1.807, 2.05) is 12.1 Å². The molecule has 0 unspecified atom stereocenters. The SMILES string of the molecule is [C-]#[N+]c1[c-]cc2nccc(Oc3ccc(CC(=O)Cc4ccc(F)cc4)cc3)c2c1.[Na+].[OH-]. The van der Waals surface area contributed by atoms with E-state index in [9.17, 15) is 9.18 Å². The fourth-order valence-electron chi connectivity index (χ4n) is 3.13. The third-order valence-corrected chi connectivity index (χ3v) is 4.61. The van der Waals surface area contributed by atoms with Crippen LogP contribution in [0.4, 0.5) is 10.1 Å². The molecule has 4 aromatic rings. The van der Waals surface area contributed by atoms with Crippen LogP contribution in [0.5, 0.6) is 11.5 Å². The van der Waals surface area contributed by atoms with Crippen molar-refractivity contribution < 1.29 is 49.0 Å². The number of fused-ring (bicyclic) bond motifs is 1. The Balaban J connectivity index is 0.00000181. The molecule has 0 bridgehead atoms. The molecule has 0 atom stereocenters. The van der Waals surface area contributed by atoms with Gasteiger partial charge in [-0.25, -0.2) is 4.39 Å². The number of Topliss-reactive ketones (excluding diaryl/α,β-unsaturated/α-hetero) is 1. The van der Waals surface area contributed by atoms with Gasteiger partial charge in [0.2, 0.25) is 0 Å². The van der Waals surface area contributed by atoms with E-state index in [-0.39, 0.29) is 53.1 Å². The second-order valence-electron chi connectivity index (χ2n) is 6.80. The number of rotatable bonds is 6. The van der Waals surface area contributed by atoms with E-state index in [1.54, 1.807) is 48.7 Å². The summed E-state index contributed by atoms with van der Waals surface area (Å²) in [6.07, 6.45) is 2.20. The maximum Gasteiger partial charge on any atom is 1.00 e. The van der Waals surface area contributed by atoms with E-state index in [1.165, 1.54) is 12.1 Å². The molecule has 0 aliphatic rings. The average Bonchev–Trinajstić information content (AvgIpc) is 2.76. The third kappa shape index (κ3) is 6.22. The van der Waals surface area contributed by atoms with Crippen molar-refractivity contribution in [3.05, 3.63) is 107 Å². The molecule has 1 aromatic heterocycles. The Hall–Kier alpha value is -3.08. The smallest absolute Gasteiger partial charge is 0.870 e. The minimum Gasteiger partial charge on any atom is -0.870 e. The molecule has 0 radical (unpaired) electrons. The number of carbonyl (C=O) groups is 1. The second-order valence-corrected chi connectivity index (χ2v) is 6.80. The summed E-state index contributed by atoms with van der Waals surface area (Å²) in [5.74, 6) is 0.957. The summed E-state index contributed by atoms with van der Waals surface area (Å²) in [5, 5.41) is 0.737. The maximum absolute atomic E-state index is 13.0. The first-order chi connectivity index (χ1) is 14.6. The van der Waals surface area contributed by atoms with Crippen LogP contribution in [0.3, 0.4) is 0 Å². The van der Waals surface area contributed by atoms with Crippen LogP contribution >= 0.6 is 0 Å². The predicted molar refractivity (Wildman–Crippen MR) is 114 cm³/mol. The molecule has 0 aliphatic carbocycles. The van der Waals surface area contributed by atoms with Gasteiger partial charge in [-0.3, -0.25) is 9.64 Å². The predicted octanol–water partition coefficient (Wildman–Crippen LogP) is 2.70. The van der Waals surface area contributed by atoms with Crippen LogP contribution < -0.4 is 34.3 Å². The molecule has 5 nitrogen and oxygen atoms in total. The summed E-state index contributed by atoms with van der Waals surface area (Å²) in [4.78, 5) is 20.0. The minimum absolute atomic E-state index is 0. The first kappa shape index (κ1) is 25.2. The number of aromatic nitrogens is 1. The van der Waals surface area contributed by atoms with Crippen LogP contribution in [0.25, 0.3) is 15.7 Å². The minimum atomic E-state index is -0.313. The molecule has 0 aliphatic heterocycles. The number of ether oxygens (including phenoxy) is 1. The van der Waals surface area contributed by atoms with Crippen molar-refractivity contribution in [1.29, 1.82) is 0 Å². The van der Waals surface area contributed by atoms with Gasteiger partial charge in [-0.2, -0.15) is 18.2 Å². The Bertz CT molecular complexity index is 1250. The van der Waals surface area contributed by atoms with Gasteiger partial charge in [0.05, 0.1) is 12.3 Å². The summed E-state index contributed by atoms with van der Waals surface area (Å²) >= 11 is 0. The Morgan fingerprint density at radius 2 is 1.66 bits per heavy atom. The fourth-order valence-corrected chi connectivity index (χ4v) is 3.13. The number of hydrogen-bond acceptors (Lipinski definition) is 4. The number of hydrogen-bond donors (Lipinski definition) is 0. The van der Waals surface area contributed by atoms with Gasteiger partial charge in [0.25, 0.3) is 0 Å². The van der Waals surface area contributed by atoms with Gasteiger partial charge in [-0.05, 0) is 47.0 Å². The first-order valence-electron chi connectivity index (χ1n) is 9.31. The molecule has 1 heterocycles. The fraction of sp³-hybridized carbons (Fsp3) is 0.0800. The summed E-state index contributed by atoms with van der Waals surface area (Å²) in [7, 11) is 0. The van der Waals surface area contributed by atoms with Crippen LogP contribution in [-0.2, 0) is 17.6 Å². The van der Waals surface area contributed by atoms with E-state index >= 15 is 0 Å². The Kier molecular flexibility index (Phi) is 9.06. The number of pyridine rings is 1. The van der Waals surface area contributed by atoms with E-state index in [0.717, 1.165) is 16.5 Å². The Labute approximate surface area is 207 Å². The van der Waals surface area contributed by atoms with Crippen molar-refractivity contribution in [2.75, 3.05) is 0 Å². The van der Waals surface area contributed by atoms with Gasteiger partial charge < -0.3 is 15.2 Å². The van der Waals surface area contributed by atoms with E-state index in [0.29, 0.717) is 29.1 Å². The second kappa shape index (κ2) is 11.5. The summed E-state index contributed by atoms with van der Waals surface area (Å²) in [6.45, 7) is 7.16. The van der Waals surface area contributed by atoms with Gasteiger partial charge in [0.15, 0.2) is 0 Å². The molecule has 32 heavy (non-hydrogen) atoms. The summed E-state index contributed by atoms with van der Waals surface area (Å²) < 4.78 is 19.0. The maximum atomic E-state index is 13.0. The molecular formula is C25H17FN2NaO3-. The first-order valence-corrected chi connectivity index (χ1v) is 9.31. The molecule has 1 N–H and O–H groups in total. The van der Waals surface area contributed by atoms with E-state index < -0.39 is 0 Å². The molecule has 7 heteroatoms. The van der Waals surface area contributed by atoms with Gasteiger partial charge in [0, 0.05) is 19.0 Å². The number of carbonyl (C=O) groups excluding carboxylic acids is 1. The number of ketones is 1. The Morgan fingerprint density at radius 1 is 1.03 bits per heavy atom. The van der Waals surface area contributed by atoms with Crippen LogP contribution in [0.1, 0.15) is 11.1 Å². The monoisotopic (exact) mass is 435 g/mol. The zero-order valence-corrected chi connectivity index (χ0v) is 19.4. The van der Waals surface area contributed by atoms with Gasteiger partial charge >= 0.3 is 29.6 Å². The van der Waals surface area contributed by atoms with Gasteiger partial charge in [-0.15, -0.1) is 0 Å². The van der Waals surface area contributed by atoms with Crippen LogP contribution in [-0.4, -0.2) is 16.2 Å². The topological polar surface area (TPSA) is 73.5 Å². The van der Waals surface area contributed by atoms with Crippen molar-refractivity contribution in [1.82, 2.24) is 4.98 Å². The molecule has 0 amide bonds. The van der Waals surface area contributed by atoms with Gasteiger partial charge in [-0.1, -0.05) is 29.7 Å². The number of benzene rings is 3. The standard InChI is InChI=1S/C25H16FN2O2.Na.H2O/c1-27-20-8-11-24-23(16-20)25(12-13-28-24)30-22-9-4-18(5-10-22)15-21(29)14-17-2-6-19(26)7-3-17;;/h2-7,9-13,16H,14-15H2;;1H2/q-1;+1;/p-1. The normalized spacial score (nSPS) is 9.88. The Morgan fingerprint density at radius 3 is 2.28 bits per heavy atom. The molecule has 4 rings (SSSR count). The zero-order chi connectivity index (χ0) is 20.9. The van der Waals surface area contributed by atoms with Crippen LogP contribution in [0.15, 0.2) is 72.9 Å². The zero-order valence-electron chi connectivity index (χ0n) is 17.4. The summed E-state index contributed by atoms with van der Waals surface area (Å²) in [6, 6.07) is 21.3. The van der Waals surface area contributed by atoms with Crippen LogP contribution in [0.2, 0.25) is 0 Å². The van der Waals surface area contributed by atoms with Crippen molar-refractivity contribution in [2.24, 2.45) is 0 Å². The van der Waals surface area contributed by atoms with Crippen molar-refractivity contribution in [3.63, 3.8) is 0 Å². The largest absolute Gasteiger partial charge is 1.00 e. The molecular weight excluding hydrogens is 418 g/mol. The van der Waals surface area contributed by atoms with E-state index in [4.69, 9.17) is 11.3 Å². The molecule has 0 fully saturated rings.